The van der Waals surface area contributed by atoms with Crippen LogP contribution in [0.15, 0.2) is 86.3 Å². The molecule has 4 aromatic rings. The molecule has 0 bridgehead atoms. The first kappa shape index (κ1) is 12.6. The molecule has 4 aromatic carbocycles. The van der Waals surface area contributed by atoms with Gasteiger partial charge in [-0.1, -0.05) is 59.9 Å². The predicted octanol–water partition coefficient (Wildman–Crippen LogP) is 6.41. The number of rotatable bonds is 0. The Bertz CT molecular complexity index is 951. The lowest BCUT2D eigenvalue weighted by Gasteiger charge is -2.18. The van der Waals surface area contributed by atoms with Crippen LogP contribution in [0.5, 0.6) is 0 Å². The molecule has 1 heterocycles. The minimum Gasteiger partial charge on any atom is -0.0877 e. The van der Waals surface area contributed by atoms with Crippen LogP contribution in [0.2, 0.25) is 0 Å². The predicted molar refractivity (Wildman–Crippen MR) is 95.0 cm³/mol. The lowest BCUT2D eigenvalue weighted by Crippen LogP contribution is -1.90. The number of hydrogen-bond donors (Lipinski definition) is 0. The summed E-state index contributed by atoms with van der Waals surface area (Å²) in [5.41, 5.74) is 0. The first-order valence-corrected chi connectivity index (χ1v) is 8.84. The summed E-state index contributed by atoms with van der Waals surface area (Å²) in [7, 11) is 0. The van der Waals surface area contributed by atoms with Crippen LogP contribution in [-0.2, 0) is 0 Å². The largest absolute Gasteiger partial charge is 0.0877 e. The fraction of sp³-hybridized carbons (Fsp3) is 0. The average Bonchev–Trinajstić information content (AvgIpc) is 2.56. The highest BCUT2D eigenvalue weighted by Crippen LogP contribution is 2.49. The molecule has 0 saturated carbocycles. The summed E-state index contributed by atoms with van der Waals surface area (Å²) in [6.45, 7) is 0. The van der Waals surface area contributed by atoms with E-state index in [9.17, 15) is 0 Å². The second-order valence-electron chi connectivity index (χ2n) is 5.40. The Morgan fingerprint density at radius 2 is 1.27 bits per heavy atom. The van der Waals surface area contributed by atoms with Gasteiger partial charge in [0.05, 0.1) is 0 Å². The van der Waals surface area contributed by atoms with Gasteiger partial charge in [-0.3, -0.25) is 0 Å². The van der Waals surface area contributed by atoms with Crippen molar-refractivity contribution in [3.63, 3.8) is 0 Å². The van der Waals surface area contributed by atoms with Crippen LogP contribution in [-0.4, -0.2) is 0 Å². The lowest BCUT2D eigenvalue weighted by molar-refractivity contribution is 1.16. The minimum atomic E-state index is 1.20. The third kappa shape index (κ3) is 1.95. The second-order valence-corrected chi connectivity index (χ2v) is 7.54. The molecule has 0 nitrogen and oxygen atoms in total. The summed E-state index contributed by atoms with van der Waals surface area (Å²) in [4.78, 5) is 5.22. The summed E-state index contributed by atoms with van der Waals surface area (Å²) in [5.74, 6) is 0. The highest BCUT2D eigenvalue weighted by Gasteiger charge is 2.17. The zero-order valence-corrected chi connectivity index (χ0v) is 13.3. The van der Waals surface area contributed by atoms with Crippen molar-refractivity contribution >= 4 is 45.1 Å². The standard InChI is InChI=1S/C20H11S2/c1-2-6-14-10-16-12-20-19(11-15(16)9-13(14)5-1)21-17-7-3-4-8-18(17)22-20/h1-11H. The normalized spacial score (nSPS) is 13.1. The van der Waals surface area contributed by atoms with Crippen molar-refractivity contribution in [2.45, 2.75) is 19.6 Å². The quantitative estimate of drug-likeness (QED) is 0.303. The maximum Gasteiger partial charge on any atom is 0.0347 e. The average molecular weight is 315 g/mol. The van der Waals surface area contributed by atoms with E-state index in [2.05, 4.69) is 72.8 Å². The molecule has 0 amide bonds. The van der Waals surface area contributed by atoms with Crippen molar-refractivity contribution in [2.24, 2.45) is 0 Å². The molecule has 0 atom stereocenters. The van der Waals surface area contributed by atoms with Crippen molar-refractivity contribution in [1.29, 1.82) is 0 Å². The van der Waals surface area contributed by atoms with Gasteiger partial charge in [0, 0.05) is 25.6 Å². The Kier molecular flexibility index (Phi) is 2.76. The molecule has 0 aromatic heterocycles. The molecule has 5 rings (SSSR count). The summed E-state index contributed by atoms with van der Waals surface area (Å²) in [5, 5.41) is 5.03. The highest BCUT2D eigenvalue weighted by atomic mass is 32.2. The SMILES string of the molecule is [c]1c2c(cc3cc4ccccc4cc13)Sc1ccccc1S2. The number of benzene rings is 4. The summed E-state index contributed by atoms with van der Waals surface area (Å²) in [6.07, 6.45) is 0. The third-order valence-corrected chi connectivity index (χ3v) is 6.44. The van der Waals surface area contributed by atoms with Crippen LogP contribution in [0.4, 0.5) is 0 Å². The molecular formula is C20H11S2. The Morgan fingerprint density at radius 1 is 0.591 bits per heavy atom. The van der Waals surface area contributed by atoms with Gasteiger partial charge >= 0.3 is 0 Å². The van der Waals surface area contributed by atoms with E-state index >= 15 is 0 Å². The Balaban J connectivity index is 1.75. The van der Waals surface area contributed by atoms with E-state index < -0.39 is 0 Å². The van der Waals surface area contributed by atoms with Gasteiger partial charge in [-0.15, -0.1) is 0 Å². The van der Waals surface area contributed by atoms with Gasteiger partial charge in [-0.25, -0.2) is 0 Å². The molecule has 2 heteroatoms. The van der Waals surface area contributed by atoms with Crippen LogP contribution in [0.1, 0.15) is 0 Å². The number of hydrogen-bond acceptors (Lipinski definition) is 2. The molecule has 22 heavy (non-hydrogen) atoms. The van der Waals surface area contributed by atoms with Gasteiger partial charge in [0.25, 0.3) is 0 Å². The minimum absolute atomic E-state index is 1.20. The monoisotopic (exact) mass is 315 g/mol. The Labute approximate surface area is 137 Å². The van der Waals surface area contributed by atoms with E-state index in [0.29, 0.717) is 0 Å². The van der Waals surface area contributed by atoms with Gasteiger partial charge < -0.3 is 0 Å². The summed E-state index contributed by atoms with van der Waals surface area (Å²) in [6, 6.07) is 27.6. The molecule has 0 aliphatic carbocycles. The molecule has 0 fully saturated rings. The van der Waals surface area contributed by atoms with Crippen LogP contribution < -0.4 is 0 Å². The van der Waals surface area contributed by atoms with E-state index in [1.165, 1.54) is 41.1 Å². The maximum absolute atomic E-state index is 3.62. The van der Waals surface area contributed by atoms with E-state index in [1.54, 1.807) is 0 Å². The molecule has 103 valence electrons. The smallest absolute Gasteiger partial charge is 0.0347 e. The third-order valence-electron chi connectivity index (χ3n) is 3.96. The molecule has 0 N–H and O–H groups in total. The number of fused-ring (bicyclic) bond motifs is 4. The van der Waals surface area contributed by atoms with Gasteiger partial charge in [0.2, 0.25) is 0 Å². The molecule has 1 aliphatic rings. The molecule has 1 aliphatic heterocycles. The van der Waals surface area contributed by atoms with E-state index in [0.717, 1.165) is 0 Å². The van der Waals surface area contributed by atoms with E-state index in [1.807, 2.05) is 23.5 Å². The Hall–Kier alpha value is -1.90. The van der Waals surface area contributed by atoms with Crippen LogP contribution in [0.25, 0.3) is 21.5 Å². The van der Waals surface area contributed by atoms with Gasteiger partial charge in [-0.2, -0.15) is 0 Å². The van der Waals surface area contributed by atoms with Crippen molar-refractivity contribution < 1.29 is 0 Å². The summed E-state index contributed by atoms with van der Waals surface area (Å²) < 4.78 is 0. The van der Waals surface area contributed by atoms with Crippen molar-refractivity contribution in [1.82, 2.24) is 0 Å². The first-order valence-electron chi connectivity index (χ1n) is 7.20. The maximum atomic E-state index is 3.62. The van der Waals surface area contributed by atoms with E-state index in [-0.39, 0.29) is 0 Å². The van der Waals surface area contributed by atoms with Crippen LogP contribution >= 0.6 is 23.5 Å². The van der Waals surface area contributed by atoms with Crippen LogP contribution in [0, 0.1) is 6.07 Å². The summed E-state index contributed by atoms with van der Waals surface area (Å²) >= 11 is 3.68. The molecule has 0 spiro atoms. The Morgan fingerprint density at radius 3 is 2.09 bits per heavy atom. The zero-order valence-electron chi connectivity index (χ0n) is 11.7. The highest BCUT2D eigenvalue weighted by molar-refractivity contribution is 8.05. The zero-order chi connectivity index (χ0) is 14.5. The molecule has 0 saturated heterocycles. The fourth-order valence-corrected chi connectivity index (χ4v) is 5.11. The van der Waals surface area contributed by atoms with Crippen LogP contribution in [0.3, 0.4) is 0 Å². The van der Waals surface area contributed by atoms with Crippen molar-refractivity contribution in [3.8, 4) is 0 Å². The van der Waals surface area contributed by atoms with Gasteiger partial charge in [-0.05, 0) is 51.9 Å². The molecule has 1 radical (unpaired) electrons. The molecular weight excluding hydrogens is 304 g/mol. The second kappa shape index (κ2) is 4.80. The lowest BCUT2D eigenvalue weighted by atomic mass is 10.0. The van der Waals surface area contributed by atoms with Crippen molar-refractivity contribution in [3.05, 3.63) is 72.8 Å². The first-order chi connectivity index (χ1) is 10.9. The van der Waals surface area contributed by atoms with Crippen molar-refractivity contribution in [2.75, 3.05) is 0 Å². The van der Waals surface area contributed by atoms with Gasteiger partial charge in [0.1, 0.15) is 0 Å². The molecule has 0 unspecified atom stereocenters. The topological polar surface area (TPSA) is 0 Å². The van der Waals surface area contributed by atoms with Gasteiger partial charge in [0.15, 0.2) is 0 Å². The fourth-order valence-electron chi connectivity index (χ4n) is 2.88. The van der Waals surface area contributed by atoms with E-state index in [4.69, 9.17) is 0 Å².